The maximum absolute atomic E-state index is 11.8. The van der Waals surface area contributed by atoms with Gasteiger partial charge in [0.25, 0.3) is 0 Å². The summed E-state index contributed by atoms with van der Waals surface area (Å²) in [5.74, 6) is 0.555. The molecule has 0 fully saturated rings. The molecule has 0 aliphatic carbocycles. The second-order valence-corrected chi connectivity index (χ2v) is 5.00. The monoisotopic (exact) mass is 291 g/mol. The van der Waals surface area contributed by atoms with Gasteiger partial charge in [-0.05, 0) is 31.9 Å². The van der Waals surface area contributed by atoms with Crippen molar-refractivity contribution in [1.82, 2.24) is 5.32 Å². The van der Waals surface area contributed by atoms with E-state index in [4.69, 9.17) is 9.84 Å². The third-order valence-corrected chi connectivity index (χ3v) is 3.30. The van der Waals surface area contributed by atoms with Crippen LogP contribution in [0.15, 0.2) is 30.3 Å². The Morgan fingerprint density at radius 1 is 1.33 bits per heavy atom. The molecule has 21 heavy (non-hydrogen) atoms. The molecule has 116 valence electrons. The zero-order valence-electron chi connectivity index (χ0n) is 13.0. The van der Waals surface area contributed by atoms with Gasteiger partial charge in [-0.25, -0.2) is 0 Å². The number of hydrogen-bond donors (Lipinski definition) is 2. The minimum absolute atomic E-state index is 0.0518. The topological polar surface area (TPSA) is 58.6 Å². The van der Waals surface area contributed by atoms with Crippen molar-refractivity contribution in [1.29, 1.82) is 0 Å². The van der Waals surface area contributed by atoms with Gasteiger partial charge in [0.2, 0.25) is 5.91 Å². The average Bonchev–Trinajstić information content (AvgIpc) is 2.51. The van der Waals surface area contributed by atoms with Crippen molar-refractivity contribution in [3.63, 3.8) is 0 Å². The molecule has 0 saturated heterocycles. The molecule has 0 heterocycles. The average molecular weight is 291 g/mol. The predicted octanol–water partition coefficient (Wildman–Crippen LogP) is 2.76. The van der Waals surface area contributed by atoms with Crippen LogP contribution in [0.3, 0.4) is 0 Å². The Labute approximate surface area is 126 Å². The van der Waals surface area contributed by atoms with Crippen LogP contribution in [-0.4, -0.2) is 29.8 Å². The van der Waals surface area contributed by atoms with Crippen molar-refractivity contribution in [3.8, 4) is 5.75 Å². The molecular weight excluding hydrogens is 266 g/mol. The van der Waals surface area contributed by atoms with E-state index in [0.717, 1.165) is 17.7 Å². The lowest BCUT2D eigenvalue weighted by Gasteiger charge is -2.15. The number of nitrogens with one attached hydrogen (secondary N) is 1. The first-order valence-electron chi connectivity index (χ1n) is 7.45. The van der Waals surface area contributed by atoms with Crippen LogP contribution in [0.4, 0.5) is 0 Å². The first kappa shape index (κ1) is 17.2. The largest absolute Gasteiger partial charge is 0.490 e. The van der Waals surface area contributed by atoms with E-state index in [1.807, 2.05) is 38.1 Å². The van der Waals surface area contributed by atoms with Gasteiger partial charge >= 0.3 is 0 Å². The first-order chi connectivity index (χ1) is 10.1. The lowest BCUT2D eigenvalue weighted by molar-refractivity contribution is -0.117. The predicted molar refractivity (Wildman–Crippen MR) is 85.2 cm³/mol. The van der Waals surface area contributed by atoms with E-state index in [1.54, 1.807) is 6.08 Å². The number of hydrogen-bond acceptors (Lipinski definition) is 3. The molecule has 4 heteroatoms. The summed E-state index contributed by atoms with van der Waals surface area (Å²) in [5.41, 5.74) is 0.866. The molecule has 0 aliphatic heterocycles. The zero-order chi connectivity index (χ0) is 15.7. The summed E-state index contributed by atoms with van der Waals surface area (Å²) in [6.07, 6.45) is 4.96. The standard InChI is InChI=1S/C17H25NO3/c1-4-13(3)21-16-9-7-6-8-14(16)10-11-17(20)18-15(5-2)12-19/h6-11,13,15,19H,4-5,12H2,1-3H3,(H,18,20)/b11-10+. The van der Waals surface area contributed by atoms with E-state index in [-0.39, 0.29) is 24.7 Å². The normalized spacial score (nSPS) is 13.9. The summed E-state index contributed by atoms with van der Waals surface area (Å²) in [4.78, 5) is 11.8. The highest BCUT2D eigenvalue weighted by molar-refractivity contribution is 5.92. The number of carbonyl (C=O) groups is 1. The van der Waals surface area contributed by atoms with E-state index >= 15 is 0 Å². The van der Waals surface area contributed by atoms with Crippen molar-refractivity contribution < 1.29 is 14.6 Å². The van der Waals surface area contributed by atoms with Gasteiger partial charge < -0.3 is 15.2 Å². The summed E-state index contributed by atoms with van der Waals surface area (Å²) in [7, 11) is 0. The molecule has 2 N–H and O–H groups in total. The number of aliphatic hydroxyl groups excluding tert-OH is 1. The van der Waals surface area contributed by atoms with Crippen molar-refractivity contribution in [2.45, 2.75) is 45.8 Å². The molecule has 1 amide bonds. The third-order valence-electron chi connectivity index (χ3n) is 3.30. The Bertz CT molecular complexity index is 467. The fourth-order valence-electron chi connectivity index (χ4n) is 1.72. The smallest absolute Gasteiger partial charge is 0.244 e. The highest BCUT2D eigenvalue weighted by Gasteiger charge is 2.07. The van der Waals surface area contributed by atoms with Crippen LogP contribution >= 0.6 is 0 Å². The van der Waals surface area contributed by atoms with Crippen molar-refractivity contribution >= 4 is 12.0 Å². The van der Waals surface area contributed by atoms with E-state index in [1.165, 1.54) is 6.08 Å². The molecule has 0 bridgehead atoms. The zero-order valence-corrected chi connectivity index (χ0v) is 13.0. The lowest BCUT2D eigenvalue weighted by Crippen LogP contribution is -2.35. The van der Waals surface area contributed by atoms with Crippen LogP contribution in [0.2, 0.25) is 0 Å². The number of rotatable bonds is 8. The summed E-state index contributed by atoms with van der Waals surface area (Å²) in [5, 5.41) is 11.8. The number of para-hydroxylation sites is 1. The van der Waals surface area contributed by atoms with Crippen LogP contribution < -0.4 is 10.1 Å². The van der Waals surface area contributed by atoms with Gasteiger partial charge in [0, 0.05) is 11.6 Å². The van der Waals surface area contributed by atoms with E-state index < -0.39 is 0 Å². The molecule has 0 aliphatic rings. The highest BCUT2D eigenvalue weighted by atomic mass is 16.5. The molecule has 2 unspecified atom stereocenters. The number of carbonyl (C=O) groups excluding carboxylic acids is 1. The van der Waals surface area contributed by atoms with Crippen LogP contribution in [0, 0.1) is 0 Å². The van der Waals surface area contributed by atoms with Crippen molar-refractivity contribution in [3.05, 3.63) is 35.9 Å². The number of amides is 1. The molecule has 1 aromatic carbocycles. The summed E-state index contributed by atoms with van der Waals surface area (Å²) in [6.45, 7) is 5.95. The van der Waals surface area contributed by atoms with Crippen LogP contribution in [0.5, 0.6) is 5.75 Å². The van der Waals surface area contributed by atoms with Crippen LogP contribution in [0.25, 0.3) is 6.08 Å². The quantitative estimate of drug-likeness (QED) is 0.724. The maximum atomic E-state index is 11.8. The SMILES string of the molecule is CCC(CO)NC(=O)/C=C/c1ccccc1OC(C)CC. The van der Waals surface area contributed by atoms with Gasteiger partial charge in [-0.15, -0.1) is 0 Å². The molecule has 4 nitrogen and oxygen atoms in total. The Morgan fingerprint density at radius 2 is 2.05 bits per heavy atom. The molecule has 1 aromatic rings. The summed E-state index contributed by atoms with van der Waals surface area (Å²) >= 11 is 0. The van der Waals surface area contributed by atoms with Gasteiger partial charge in [0.15, 0.2) is 0 Å². The molecule has 0 spiro atoms. The number of aliphatic hydroxyl groups is 1. The Kier molecular flexibility index (Phi) is 7.54. The van der Waals surface area contributed by atoms with Crippen molar-refractivity contribution in [2.75, 3.05) is 6.61 Å². The minimum atomic E-state index is -0.214. The molecule has 0 radical (unpaired) electrons. The number of ether oxygens (including phenoxy) is 1. The Balaban J connectivity index is 2.73. The highest BCUT2D eigenvalue weighted by Crippen LogP contribution is 2.21. The third kappa shape index (κ3) is 6.00. The minimum Gasteiger partial charge on any atom is -0.490 e. The van der Waals surface area contributed by atoms with E-state index in [9.17, 15) is 4.79 Å². The summed E-state index contributed by atoms with van der Waals surface area (Å²) in [6, 6.07) is 7.42. The van der Waals surface area contributed by atoms with Gasteiger partial charge in [-0.2, -0.15) is 0 Å². The van der Waals surface area contributed by atoms with Gasteiger partial charge in [-0.1, -0.05) is 32.0 Å². The van der Waals surface area contributed by atoms with Crippen molar-refractivity contribution in [2.24, 2.45) is 0 Å². The van der Waals surface area contributed by atoms with Crippen LogP contribution in [-0.2, 0) is 4.79 Å². The first-order valence-corrected chi connectivity index (χ1v) is 7.45. The van der Waals surface area contributed by atoms with Gasteiger partial charge in [0.1, 0.15) is 5.75 Å². The maximum Gasteiger partial charge on any atom is 0.244 e. The molecule has 0 saturated carbocycles. The lowest BCUT2D eigenvalue weighted by atomic mass is 10.1. The molecule has 2 atom stereocenters. The second-order valence-electron chi connectivity index (χ2n) is 5.00. The fourth-order valence-corrected chi connectivity index (χ4v) is 1.72. The van der Waals surface area contributed by atoms with Gasteiger partial charge in [0.05, 0.1) is 18.8 Å². The Hall–Kier alpha value is -1.81. The van der Waals surface area contributed by atoms with Gasteiger partial charge in [-0.3, -0.25) is 4.79 Å². The second kappa shape index (κ2) is 9.19. The number of benzene rings is 1. The molecule has 0 aromatic heterocycles. The van der Waals surface area contributed by atoms with Crippen LogP contribution in [0.1, 0.15) is 39.2 Å². The molecular formula is C17H25NO3. The molecule has 1 rings (SSSR count). The van der Waals surface area contributed by atoms with E-state index in [0.29, 0.717) is 6.42 Å². The van der Waals surface area contributed by atoms with E-state index in [2.05, 4.69) is 12.2 Å². The fraction of sp³-hybridized carbons (Fsp3) is 0.471. The summed E-state index contributed by atoms with van der Waals surface area (Å²) < 4.78 is 5.83. The Morgan fingerprint density at radius 3 is 2.67 bits per heavy atom.